The Morgan fingerprint density at radius 1 is 1.38 bits per heavy atom. The lowest BCUT2D eigenvalue weighted by Gasteiger charge is -2.31. The molecule has 1 aromatic carbocycles. The quantitative estimate of drug-likeness (QED) is 0.622. The molecule has 0 spiro atoms. The number of nitrogens with one attached hydrogen (secondary N) is 1. The summed E-state index contributed by atoms with van der Waals surface area (Å²) in [6, 6.07) is 7.43. The van der Waals surface area contributed by atoms with Crippen molar-refractivity contribution < 1.29 is 4.92 Å². The highest BCUT2D eigenvalue weighted by Gasteiger charge is 2.29. The predicted molar refractivity (Wildman–Crippen MR) is 96.7 cm³/mol. The van der Waals surface area contributed by atoms with E-state index in [2.05, 4.69) is 38.1 Å². The van der Waals surface area contributed by atoms with E-state index in [1.807, 2.05) is 29.2 Å². The SMILES string of the molecule is CC1CCCN(c2ncnc(Nc3ccccc3Br)c2[N+](=O)[O-])C1. The lowest BCUT2D eigenvalue weighted by atomic mass is 10.0. The Bertz CT molecular complexity index is 755. The van der Waals surface area contributed by atoms with Gasteiger partial charge in [-0.25, -0.2) is 9.97 Å². The molecule has 2 aromatic rings. The molecule has 0 bridgehead atoms. The van der Waals surface area contributed by atoms with Crippen molar-refractivity contribution in [1.29, 1.82) is 0 Å². The molecule has 7 nitrogen and oxygen atoms in total. The maximum absolute atomic E-state index is 11.7. The minimum atomic E-state index is -0.409. The third kappa shape index (κ3) is 3.48. The molecule has 0 amide bonds. The van der Waals surface area contributed by atoms with Crippen molar-refractivity contribution in [3.63, 3.8) is 0 Å². The maximum atomic E-state index is 11.7. The first kappa shape index (κ1) is 16.6. The van der Waals surface area contributed by atoms with Gasteiger partial charge < -0.3 is 10.2 Å². The Balaban J connectivity index is 1.99. The smallest absolute Gasteiger partial charge is 0.350 e. The molecular formula is C16H18BrN5O2. The van der Waals surface area contributed by atoms with Gasteiger partial charge in [0.15, 0.2) is 0 Å². The second kappa shape index (κ2) is 7.12. The molecule has 1 saturated heterocycles. The Morgan fingerprint density at radius 3 is 2.88 bits per heavy atom. The van der Waals surface area contributed by atoms with E-state index in [0.717, 1.165) is 36.1 Å². The normalized spacial score (nSPS) is 17.6. The fourth-order valence-corrected chi connectivity index (χ4v) is 3.32. The van der Waals surface area contributed by atoms with Crippen molar-refractivity contribution in [3.8, 4) is 0 Å². The standard InChI is InChI=1S/C16H18BrN5O2/c1-11-5-4-8-21(9-11)16-14(22(23)24)15(18-10-19-16)20-13-7-3-2-6-12(13)17/h2-3,6-7,10-11H,4-5,8-9H2,1H3,(H,18,19,20). The van der Waals surface area contributed by atoms with E-state index in [9.17, 15) is 10.1 Å². The zero-order chi connectivity index (χ0) is 17.1. The molecular weight excluding hydrogens is 374 g/mol. The summed E-state index contributed by atoms with van der Waals surface area (Å²) in [6.45, 7) is 3.70. The fourth-order valence-electron chi connectivity index (χ4n) is 2.93. The minimum absolute atomic E-state index is 0.0812. The number of rotatable bonds is 4. The van der Waals surface area contributed by atoms with Gasteiger partial charge in [-0.2, -0.15) is 0 Å². The summed E-state index contributed by atoms with van der Waals surface area (Å²) in [7, 11) is 0. The maximum Gasteiger partial charge on any atom is 0.353 e. The monoisotopic (exact) mass is 391 g/mol. The average Bonchev–Trinajstić information content (AvgIpc) is 2.56. The van der Waals surface area contributed by atoms with Crippen LogP contribution in [0.5, 0.6) is 0 Å². The van der Waals surface area contributed by atoms with E-state index in [-0.39, 0.29) is 11.5 Å². The number of hydrogen-bond acceptors (Lipinski definition) is 6. The first-order valence-electron chi connectivity index (χ1n) is 7.82. The van der Waals surface area contributed by atoms with Gasteiger partial charge in [-0.05, 0) is 46.8 Å². The summed E-state index contributed by atoms with van der Waals surface area (Å²) < 4.78 is 0.811. The van der Waals surface area contributed by atoms with Gasteiger partial charge in [-0.15, -0.1) is 0 Å². The van der Waals surface area contributed by atoms with Gasteiger partial charge in [0, 0.05) is 17.6 Å². The van der Waals surface area contributed by atoms with Crippen molar-refractivity contribution >= 4 is 38.9 Å². The lowest BCUT2D eigenvalue weighted by molar-refractivity contribution is -0.383. The van der Waals surface area contributed by atoms with E-state index >= 15 is 0 Å². The summed E-state index contributed by atoms with van der Waals surface area (Å²) >= 11 is 3.43. The third-order valence-electron chi connectivity index (χ3n) is 4.07. The molecule has 0 saturated carbocycles. The Labute approximate surface area is 148 Å². The number of halogens is 1. The van der Waals surface area contributed by atoms with Crippen LogP contribution in [0.25, 0.3) is 0 Å². The molecule has 1 aliphatic heterocycles. The van der Waals surface area contributed by atoms with Crippen LogP contribution in [-0.2, 0) is 0 Å². The van der Waals surface area contributed by atoms with Gasteiger partial charge in [0.25, 0.3) is 0 Å². The van der Waals surface area contributed by atoms with Crippen LogP contribution in [-0.4, -0.2) is 28.0 Å². The molecule has 1 atom stereocenters. The van der Waals surface area contributed by atoms with Crippen molar-refractivity contribution in [2.75, 3.05) is 23.3 Å². The third-order valence-corrected chi connectivity index (χ3v) is 4.76. The Hall–Kier alpha value is -2.22. The molecule has 3 rings (SSSR count). The largest absolute Gasteiger partial charge is 0.353 e. The van der Waals surface area contributed by atoms with Gasteiger partial charge in [0.1, 0.15) is 6.33 Å². The molecule has 1 aliphatic rings. The highest BCUT2D eigenvalue weighted by molar-refractivity contribution is 9.10. The predicted octanol–water partition coefficient (Wildman–Crippen LogP) is 4.13. The molecule has 1 fully saturated rings. The molecule has 0 radical (unpaired) electrons. The van der Waals surface area contributed by atoms with Crippen LogP contribution in [0.15, 0.2) is 35.1 Å². The number of para-hydroxylation sites is 1. The molecule has 1 N–H and O–H groups in total. The minimum Gasteiger partial charge on any atom is -0.350 e. The molecule has 2 heterocycles. The summed E-state index contributed by atoms with van der Waals surface area (Å²) in [4.78, 5) is 21.6. The van der Waals surface area contributed by atoms with Crippen LogP contribution in [0.3, 0.4) is 0 Å². The van der Waals surface area contributed by atoms with Crippen molar-refractivity contribution in [1.82, 2.24) is 9.97 Å². The summed E-state index contributed by atoms with van der Waals surface area (Å²) in [6.07, 6.45) is 3.52. The van der Waals surface area contributed by atoms with E-state index in [1.165, 1.54) is 6.33 Å². The Morgan fingerprint density at radius 2 is 2.17 bits per heavy atom. The molecule has 24 heavy (non-hydrogen) atoms. The first-order chi connectivity index (χ1) is 11.6. The highest BCUT2D eigenvalue weighted by Crippen LogP contribution is 2.36. The number of benzene rings is 1. The molecule has 126 valence electrons. The number of nitrogens with zero attached hydrogens (tertiary/aromatic N) is 4. The first-order valence-corrected chi connectivity index (χ1v) is 8.61. The van der Waals surface area contributed by atoms with E-state index in [4.69, 9.17) is 0 Å². The van der Waals surface area contributed by atoms with Gasteiger partial charge in [0.05, 0.1) is 10.6 Å². The molecule has 1 aromatic heterocycles. The fraction of sp³-hybridized carbons (Fsp3) is 0.375. The van der Waals surface area contributed by atoms with Gasteiger partial charge in [0.2, 0.25) is 11.6 Å². The van der Waals surface area contributed by atoms with E-state index < -0.39 is 4.92 Å². The van der Waals surface area contributed by atoms with Gasteiger partial charge >= 0.3 is 5.69 Å². The summed E-state index contributed by atoms with van der Waals surface area (Å²) in [5.41, 5.74) is 0.639. The van der Waals surface area contributed by atoms with Crippen molar-refractivity contribution in [2.24, 2.45) is 5.92 Å². The zero-order valence-corrected chi connectivity index (χ0v) is 14.9. The topological polar surface area (TPSA) is 84.2 Å². The second-order valence-corrected chi connectivity index (χ2v) is 6.80. The summed E-state index contributed by atoms with van der Waals surface area (Å²) in [5.74, 6) is 1.08. The van der Waals surface area contributed by atoms with Crippen molar-refractivity contribution in [2.45, 2.75) is 19.8 Å². The van der Waals surface area contributed by atoms with Gasteiger partial charge in [-0.1, -0.05) is 19.1 Å². The van der Waals surface area contributed by atoms with E-state index in [0.29, 0.717) is 11.7 Å². The second-order valence-electron chi connectivity index (χ2n) is 5.95. The van der Waals surface area contributed by atoms with Crippen molar-refractivity contribution in [3.05, 3.63) is 45.2 Å². The number of aromatic nitrogens is 2. The number of hydrogen-bond donors (Lipinski definition) is 1. The van der Waals surface area contributed by atoms with Crippen LogP contribution in [0.1, 0.15) is 19.8 Å². The van der Waals surface area contributed by atoms with E-state index in [1.54, 1.807) is 0 Å². The van der Waals surface area contributed by atoms with Crippen LogP contribution >= 0.6 is 15.9 Å². The Kier molecular flexibility index (Phi) is 4.94. The zero-order valence-electron chi connectivity index (χ0n) is 13.3. The summed E-state index contributed by atoms with van der Waals surface area (Å²) in [5, 5.41) is 14.7. The van der Waals surface area contributed by atoms with Crippen LogP contribution < -0.4 is 10.2 Å². The van der Waals surface area contributed by atoms with Crippen LogP contribution in [0, 0.1) is 16.0 Å². The molecule has 1 unspecified atom stereocenters. The number of piperidine rings is 1. The van der Waals surface area contributed by atoms with Crippen LogP contribution in [0.4, 0.5) is 23.0 Å². The average molecular weight is 392 g/mol. The number of nitro groups is 1. The van der Waals surface area contributed by atoms with Gasteiger partial charge in [-0.3, -0.25) is 10.1 Å². The molecule has 0 aliphatic carbocycles. The lowest BCUT2D eigenvalue weighted by Crippen LogP contribution is -2.35. The number of anilines is 3. The highest BCUT2D eigenvalue weighted by atomic mass is 79.9. The molecule has 8 heteroatoms. The van der Waals surface area contributed by atoms with Crippen LogP contribution in [0.2, 0.25) is 0 Å².